The third-order valence-corrected chi connectivity index (χ3v) is 2.74. The van der Waals surface area contributed by atoms with Crippen molar-refractivity contribution in [2.75, 3.05) is 7.11 Å². The first kappa shape index (κ1) is 10.5. The lowest BCUT2D eigenvalue weighted by atomic mass is 10.2. The average Bonchev–Trinajstić information content (AvgIpc) is 2.77. The lowest BCUT2D eigenvalue weighted by Crippen LogP contribution is -1.90. The van der Waals surface area contributed by atoms with Crippen molar-refractivity contribution in [3.63, 3.8) is 0 Å². The van der Waals surface area contributed by atoms with Gasteiger partial charge in [0, 0.05) is 17.7 Å². The lowest BCUT2D eigenvalue weighted by molar-refractivity contribution is -0.389. The molecule has 0 N–H and O–H groups in total. The Hall–Kier alpha value is -2.02. The van der Waals surface area contributed by atoms with E-state index in [9.17, 15) is 10.1 Å². The zero-order valence-corrected chi connectivity index (χ0v) is 9.10. The molecule has 2 rings (SSSR count). The molecule has 7 heteroatoms. The minimum absolute atomic E-state index is 0.166. The number of pyridine rings is 1. The first-order valence-corrected chi connectivity index (χ1v) is 5.09. The average molecular weight is 237 g/mol. The van der Waals surface area contributed by atoms with Gasteiger partial charge in [0.1, 0.15) is 6.20 Å². The predicted octanol–water partition coefficient (Wildman–Crippen LogP) is 2.12. The van der Waals surface area contributed by atoms with Crippen LogP contribution in [0.5, 0.6) is 5.88 Å². The van der Waals surface area contributed by atoms with Crippen LogP contribution < -0.4 is 4.74 Å². The fourth-order valence-electron chi connectivity index (χ4n) is 1.13. The number of ether oxygens (including phenoxy) is 1. The minimum Gasteiger partial charge on any atom is -0.480 e. The standard InChI is InChI=1S/C9H7N3O3S/c1-15-9-4-7(16-11-9)6-2-3-8(10-5-6)12(13)14/h2-5H,1H3. The molecule has 0 bridgehead atoms. The molecule has 0 radical (unpaired) electrons. The second-order valence-electron chi connectivity index (χ2n) is 2.90. The highest BCUT2D eigenvalue weighted by molar-refractivity contribution is 7.09. The zero-order valence-electron chi connectivity index (χ0n) is 8.28. The fraction of sp³-hybridized carbons (Fsp3) is 0.111. The van der Waals surface area contributed by atoms with E-state index in [1.165, 1.54) is 30.9 Å². The van der Waals surface area contributed by atoms with Crippen molar-refractivity contribution in [1.29, 1.82) is 0 Å². The Morgan fingerprint density at radius 2 is 2.31 bits per heavy atom. The van der Waals surface area contributed by atoms with Gasteiger partial charge in [0.25, 0.3) is 0 Å². The number of hydrogen-bond acceptors (Lipinski definition) is 6. The molecule has 0 aliphatic carbocycles. The molecule has 0 spiro atoms. The highest BCUT2D eigenvalue weighted by Crippen LogP contribution is 2.27. The van der Waals surface area contributed by atoms with Crippen LogP contribution in [0, 0.1) is 10.1 Å². The first-order valence-electron chi connectivity index (χ1n) is 4.32. The van der Waals surface area contributed by atoms with Gasteiger partial charge in [0.05, 0.1) is 12.0 Å². The van der Waals surface area contributed by atoms with Gasteiger partial charge in [-0.3, -0.25) is 0 Å². The maximum Gasteiger partial charge on any atom is 0.363 e. The van der Waals surface area contributed by atoms with Crippen LogP contribution in [0.4, 0.5) is 5.82 Å². The summed E-state index contributed by atoms with van der Waals surface area (Å²) in [6.45, 7) is 0. The molecule has 82 valence electrons. The Bertz CT molecular complexity index is 509. The summed E-state index contributed by atoms with van der Waals surface area (Å²) in [4.78, 5) is 14.5. The Morgan fingerprint density at radius 3 is 2.81 bits per heavy atom. The molecule has 6 nitrogen and oxygen atoms in total. The van der Waals surface area contributed by atoms with Crippen LogP contribution in [0.3, 0.4) is 0 Å². The maximum atomic E-state index is 10.4. The second-order valence-corrected chi connectivity index (χ2v) is 3.70. The largest absolute Gasteiger partial charge is 0.480 e. The number of hydrogen-bond donors (Lipinski definition) is 0. The molecule has 2 aromatic rings. The third kappa shape index (κ3) is 1.98. The Kier molecular flexibility index (Phi) is 2.78. The van der Waals surface area contributed by atoms with Crippen LogP contribution in [0.15, 0.2) is 24.4 Å². The molecule has 16 heavy (non-hydrogen) atoms. The minimum atomic E-state index is -0.531. The molecule has 0 saturated heterocycles. The summed E-state index contributed by atoms with van der Waals surface area (Å²) < 4.78 is 8.98. The van der Waals surface area contributed by atoms with E-state index in [1.807, 2.05) is 0 Å². The number of nitro groups is 1. The molecule has 2 aromatic heterocycles. The van der Waals surface area contributed by atoms with Gasteiger partial charge in [0.15, 0.2) is 0 Å². The maximum absolute atomic E-state index is 10.4. The molecule has 0 aromatic carbocycles. The number of nitrogens with zero attached hydrogens (tertiary/aromatic N) is 3. The van der Waals surface area contributed by atoms with Crippen molar-refractivity contribution in [2.24, 2.45) is 0 Å². The predicted molar refractivity (Wildman–Crippen MR) is 58.6 cm³/mol. The molecule has 0 unspecified atom stereocenters. The van der Waals surface area contributed by atoms with Crippen molar-refractivity contribution in [3.05, 3.63) is 34.5 Å². The van der Waals surface area contributed by atoms with E-state index in [0.717, 1.165) is 10.4 Å². The summed E-state index contributed by atoms with van der Waals surface area (Å²) in [5.74, 6) is 0.360. The highest BCUT2D eigenvalue weighted by atomic mass is 32.1. The molecule has 0 amide bonds. The van der Waals surface area contributed by atoms with Crippen molar-refractivity contribution >= 4 is 17.4 Å². The van der Waals surface area contributed by atoms with Crippen LogP contribution in [0.1, 0.15) is 0 Å². The summed E-state index contributed by atoms with van der Waals surface area (Å²) >= 11 is 1.26. The fourth-order valence-corrected chi connectivity index (χ4v) is 1.83. The van der Waals surface area contributed by atoms with Gasteiger partial charge < -0.3 is 14.9 Å². The number of methoxy groups -OCH3 is 1. The first-order chi connectivity index (χ1) is 7.70. The van der Waals surface area contributed by atoms with Crippen LogP contribution in [-0.4, -0.2) is 21.4 Å². The normalized spacial score (nSPS) is 10.1. The summed E-state index contributed by atoms with van der Waals surface area (Å²) in [5.41, 5.74) is 0.784. The molecule has 0 fully saturated rings. The van der Waals surface area contributed by atoms with E-state index < -0.39 is 4.92 Å². The summed E-state index contributed by atoms with van der Waals surface area (Å²) in [7, 11) is 1.53. The molecular weight excluding hydrogens is 230 g/mol. The van der Waals surface area contributed by atoms with Gasteiger partial charge in [-0.05, 0) is 27.5 Å². The van der Waals surface area contributed by atoms with E-state index >= 15 is 0 Å². The van der Waals surface area contributed by atoms with Crippen LogP contribution in [0.2, 0.25) is 0 Å². The van der Waals surface area contributed by atoms with Gasteiger partial charge >= 0.3 is 5.82 Å². The molecule has 2 heterocycles. The van der Waals surface area contributed by atoms with E-state index in [-0.39, 0.29) is 5.82 Å². The lowest BCUT2D eigenvalue weighted by Gasteiger charge is -1.93. The molecular formula is C9H7N3O3S. The Labute approximate surface area is 94.8 Å². The van der Waals surface area contributed by atoms with Gasteiger partial charge in [0.2, 0.25) is 5.88 Å². The van der Waals surface area contributed by atoms with Crippen molar-refractivity contribution in [2.45, 2.75) is 0 Å². The van der Waals surface area contributed by atoms with Gasteiger partial charge in [-0.25, -0.2) is 0 Å². The molecule has 0 saturated carbocycles. The van der Waals surface area contributed by atoms with Gasteiger partial charge in [-0.1, -0.05) is 0 Å². The molecule has 0 aliphatic heterocycles. The SMILES string of the molecule is COc1cc(-c2ccc([N+](=O)[O-])nc2)sn1. The topological polar surface area (TPSA) is 78.2 Å². The monoisotopic (exact) mass is 237 g/mol. The summed E-state index contributed by atoms with van der Waals surface area (Å²) in [5, 5.41) is 10.4. The van der Waals surface area contributed by atoms with E-state index in [4.69, 9.17) is 4.74 Å². The smallest absolute Gasteiger partial charge is 0.363 e. The summed E-state index contributed by atoms with van der Waals surface area (Å²) in [6.07, 6.45) is 1.45. The van der Waals surface area contributed by atoms with Crippen molar-refractivity contribution in [3.8, 4) is 16.3 Å². The van der Waals surface area contributed by atoms with E-state index in [2.05, 4.69) is 9.36 Å². The Morgan fingerprint density at radius 1 is 1.50 bits per heavy atom. The summed E-state index contributed by atoms with van der Waals surface area (Å²) in [6, 6.07) is 4.76. The highest BCUT2D eigenvalue weighted by Gasteiger charge is 2.10. The van der Waals surface area contributed by atoms with Crippen LogP contribution in [-0.2, 0) is 0 Å². The van der Waals surface area contributed by atoms with Crippen LogP contribution in [0.25, 0.3) is 10.4 Å². The Balaban J connectivity index is 2.30. The third-order valence-electron chi connectivity index (χ3n) is 1.92. The van der Waals surface area contributed by atoms with E-state index in [1.54, 1.807) is 12.1 Å². The quantitative estimate of drug-likeness (QED) is 0.603. The second kappa shape index (κ2) is 4.23. The van der Waals surface area contributed by atoms with Crippen LogP contribution >= 0.6 is 11.5 Å². The molecule has 0 aliphatic rings. The number of rotatable bonds is 3. The van der Waals surface area contributed by atoms with Gasteiger partial charge in [-0.15, -0.1) is 0 Å². The van der Waals surface area contributed by atoms with E-state index in [0.29, 0.717) is 5.88 Å². The number of aromatic nitrogens is 2. The zero-order chi connectivity index (χ0) is 11.5. The van der Waals surface area contributed by atoms with Crippen molar-refractivity contribution in [1.82, 2.24) is 9.36 Å². The van der Waals surface area contributed by atoms with Gasteiger partial charge in [-0.2, -0.15) is 4.37 Å². The molecule has 0 atom stereocenters. The van der Waals surface area contributed by atoms with Crippen molar-refractivity contribution < 1.29 is 9.66 Å².